The number of H-pyrrole nitrogens is 1. The summed E-state index contributed by atoms with van der Waals surface area (Å²) in [6.07, 6.45) is 4.67. The van der Waals surface area contributed by atoms with Crippen LogP contribution in [0.3, 0.4) is 0 Å². The van der Waals surface area contributed by atoms with Gasteiger partial charge in [-0.15, -0.1) is 0 Å². The summed E-state index contributed by atoms with van der Waals surface area (Å²) in [5.41, 5.74) is 4.42. The zero-order chi connectivity index (χ0) is 24.4. The van der Waals surface area contributed by atoms with Gasteiger partial charge in [0, 0.05) is 48.4 Å². The lowest BCUT2D eigenvalue weighted by atomic mass is 10.0. The first-order valence-corrected chi connectivity index (χ1v) is 13.8. The summed E-state index contributed by atoms with van der Waals surface area (Å²) < 4.78 is 30.5. The second-order valence-electron chi connectivity index (χ2n) is 8.97. The molecule has 184 valence electrons. The number of fused-ring (bicyclic) bond motifs is 3. The molecule has 0 aliphatic carbocycles. The molecular formula is C26H31N5O3S. The van der Waals surface area contributed by atoms with Crippen LogP contribution in [0.4, 0.5) is 5.82 Å². The normalized spacial score (nSPS) is 15.1. The molecule has 1 aromatic carbocycles. The van der Waals surface area contributed by atoms with Gasteiger partial charge >= 0.3 is 0 Å². The molecule has 9 heteroatoms. The summed E-state index contributed by atoms with van der Waals surface area (Å²) in [5, 5.41) is 5.49. The number of ether oxygens (including phenoxy) is 1. The van der Waals surface area contributed by atoms with Gasteiger partial charge < -0.3 is 15.0 Å². The minimum Gasteiger partial charge on any atom is -0.379 e. The van der Waals surface area contributed by atoms with Crippen LogP contribution in [0.1, 0.15) is 18.9 Å². The van der Waals surface area contributed by atoms with Crippen LogP contribution in [0.5, 0.6) is 0 Å². The van der Waals surface area contributed by atoms with Gasteiger partial charge in [-0.1, -0.05) is 19.1 Å². The average molecular weight is 494 g/mol. The van der Waals surface area contributed by atoms with Gasteiger partial charge in [-0.05, 0) is 49.2 Å². The molecule has 0 bridgehead atoms. The summed E-state index contributed by atoms with van der Waals surface area (Å²) in [7, 11) is -3.32. The van der Waals surface area contributed by atoms with Crippen LogP contribution in [0.15, 0.2) is 47.6 Å². The number of anilines is 1. The Bertz CT molecular complexity index is 1460. The molecule has 3 aromatic heterocycles. The van der Waals surface area contributed by atoms with Gasteiger partial charge in [0.25, 0.3) is 0 Å². The maximum absolute atomic E-state index is 12.5. The zero-order valence-corrected chi connectivity index (χ0v) is 21.0. The van der Waals surface area contributed by atoms with E-state index < -0.39 is 9.84 Å². The summed E-state index contributed by atoms with van der Waals surface area (Å²) >= 11 is 0. The molecule has 2 N–H and O–H groups in total. The van der Waals surface area contributed by atoms with Crippen molar-refractivity contribution in [3.05, 3.63) is 48.3 Å². The van der Waals surface area contributed by atoms with Crippen molar-refractivity contribution in [2.24, 2.45) is 0 Å². The predicted molar refractivity (Wildman–Crippen MR) is 140 cm³/mol. The van der Waals surface area contributed by atoms with Gasteiger partial charge in [-0.2, -0.15) is 0 Å². The minimum atomic E-state index is -3.32. The van der Waals surface area contributed by atoms with Crippen molar-refractivity contribution in [1.29, 1.82) is 0 Å². The average Bonchev–Trinajstić information content (AvgIpc) is 3.26. The molecule has 0 radical (unpaired) electrons. The molecule has 0 atom stereocenters. The molecule has 1 aliphatic heterocycles. The number of benzene rings is 1. The number of nitrogens with zero attached hydrogens (tertiary/aromatic N) is 3. The molecular weight excluding hydrogens is 462 g/mol. The van der Waals surface area contributed by atoms with E-state index in [0.717, 1.165) is 90.3 Å². The number of pyridine rings is 2. The molecule has 35 heavy (non-hydrogen) atoms. The van der Waals surface area contributed by atoms with Crippen LogP contribution in [0.2, 0.25) is 0 Å². The highest BCUT2D eigenvalue weighted by Gasteiger charge is 2.18. The molecule has 5 rings (SSSR count). The van der Waals surface area contributed by atoms with E-state index in [0.29, 0.717) is 4.90 Å². The molecule has 8 nitrogen and oxygen atoms in total. The summed E-state index contributed by atoms with van der Waals surface area (Å²) in [5.74, 6) is 0.840. The second kappa shape index (κ2) is 9.93. The maximum Gasteiger partial charge on any atom is 0.178 e. The van der Waals surface area contributed by atoms with E-state index in [1.165, 1.54) is 0 Å². The van der Waals surface area contributed by atoms with Crippen molar-refractivity contribution in [2.45, 2.75) is 25.2 Å². The number of aromatic amines is 1. The van der Waals surface area contributed by atoms with E-state index in [1.807, 2.05) is 25.4 Å². The number of hydrogen-bond acceptors (Lipinski definition) is 7. The Balaban J connectivity index is 1.52. The number of sulfone groups is 1. The summed E-state index contributed by atoms with van der Waals surface area (Å²) in [6, 6.07) is 9.23. The first-order chi connectivity index (χ1) is 17.0. The van der Waals surface area contributed by atoms with Gasteiger partial charge in [-0.3, -0.25) is 4.90 Å². The van der Waals surface area contributed by atoms with E-state index >= 15 is 0 Å². The third-order valence-electron chi connectivity index (χ3n) is 6.55. The largest absolute Gasteiger partial charge is 0.379 e. The maximum atomic E-state index is 12.5. The standard InChI is InChI=1S/C26H31N5O3S/c1-3-35(32,33)20-7-4-6-19(15-20)22-17-29-26(27-8-5-9-31-10-12-34-13-11-31)24-23(22)21-14-18(2)16-28-25(21)30-24/h4,6-7,14-17H,3,5,8-13H2,1-2H3,(H,27,29)(H,28,30). The van der Waals surface area contributed by atoms with Crippen LogP contribution in [0.25, 0.3) is 33.1 Å². The summed E-state index contributed by atoms with van der Waals surface area (Å²) in [4.78, 5) is 15.5. The Morgan fingerprint density at radius 3 is 2.77 bits per heavy atom. The third kappa shape index (κ3) is 4.89. The van der Waals surface area contributed by atoms with Crippen molar-refractivity contribution in [2.75, 3.05) is 50.5 Å². The van der Waals surface area contributed by atoms with E-state index in [2.05, 4.69) is 26.3 Å². The lowest BCUT2D eigenvalue weighted by Crippen LogP contribution is -2.37. The molecule has 1 aliphatic rings. The van der Waals surface area contributed by atoms with Crippen LogP contribution >= 0.6 is 0 Å². The van der Waals surface area contributed by atoms with Crippen molar-refractivity contribution < 1.29 is 13.2 Å². The molecule has 0 saturated carbocycles. The fourth-order valence-electron chi connectivity index (χ4n) is 4.60. The molecule has 1 saturated heterocycles. The number of rotatable bonds is 8. The molecule has 0 spiro atoms. The Morgan fingerprint density at radius 1 is 1.14 bits per heavy atom. The Kier molecular flexibility index (Phi) is 6.73. The van der Waals surface area contributed by atoms with Crippen molar-refractivity contribution in [1.82, 2.24) is 19.9 Å². The number of nitrogens with one attached hydrogen (secondary N) is 2. The van der Waals surface area contributed by atoms with Gasteiger partial charge in [0.15, 0.2) is 9.84 Å². The van der Waals surface area contributed by atoms with Crippen LogP contribution in [-0.4, -0.2) is 73.4 Å². The lowest BCUT2D eigenvalue weighted by Gasteiger charge is -2.26. The SMILES string of the molecule is CCS(=O)(=O)c1cccc(-c2cnc(NCCCN3CCOCC3)c3[nH]c4ncc(C)cc4c23)c1. The van der Waals surface area contributed by atoms with E-state index in [1.54, 1.807) is 25.1 Å². The highest BCUT2D eigenvalue weighted by Crippen LogP contribution is 2.37. The topological polar surface area (TPSA) is 100 Å². The van der Waals surface area contributed by atoms with Crippen LogP contribution in [-0.2, 0) is 14.6 Å². The number of hydrogen-bond donors (Lipinski definition) is 2. The van der Waals surface area contributed by atoms with Crippen LogP contribution in [0, 0.1) is 6.92 Å². The third-order valence-corrected chi connectivity index (χ3v) is 8.28. The van der Waals surface area contributed by atoms with Crippen molar-refractivity contribution >= 4 is 37.6 Å². The van der Waals surface area contributed by atoms with Gasteiger partial charge in [0.2, 0.25) is 0 Å². The fraction of sp³-hybridized carbons (Fsp3) is 0.385. The summed E-state index contributed by atoms with van der Waals surface area (Å²) in [6.45, 7) is 9.07. The highest BCUT2D eigenvalue weighted by atomic mass is 32.2. The van der Waals surface area contributed by atoms with Crippen LogP contribution < -0.4 is 5.32 Å². The monoisotopic (exact) mass is 493 g/mol. The molecule has 4 heterocycles. The van der Waals surface area contributed by atoms with Gasteiger partial charge in [0.1, 0.15) is 11.5 Å². The lowest BCUT2D eigenvalue weighted by molar-refractivity contribution is 0.0378. The first kappa shape index (κ1) is 23.7. The number of morpholine rings is 1. The zero-order valence-electron chi connectivity index (χ0n) is 20.2. The molecule has 0 unspecified atom stereocenters. The molecule has 0 amide bonds. The van der Waals surface area contributed by atoms with E-state index in [9.17, 15) is 8.42 Å². The number of aromatic nitrogens is 3. The Labute approximate surface area is 205 Å². The predicted octanol–water partition coefficient (Wildman–Crippen LogP) is 4.01. The first-order valence-electron chi connectivity index (χ1n) is 12.1. The second-order valence-corrected chi connectivity index (χ2v) is 11.2. The van der Waals surface area contributed by atoms with Crippen molar-refractivity contribution in [3.8, 4) is 11.1 Å². The number of aryl methyl sites for hydroxylation is 1. The minimum absolute atomic E-state index is 0.0631. The quantitative estimate of drug-likeness (QED) is 0.358. The Hall–Kier alpha value is -3.01. The Morgan fingerprint density at radius 2 is 1.97 bits per heavy atom. The van der Waals surface area contributed by atoms with Gasteiger partial charge in [0.05, 0.1) is 29.4 Å². The highest BCUT2D eigenvalue weighted by molar-refractivity contribution is 7.91. The van der Waals surface area contributed by atoms with E-state index in [4.69, 9.17) is 9.72 Å². The fourth-order valence-corrected chi connectivity index (χ4v) is 5.53. The van der Waals surface area contributed by atoms with Gasteiger partial charge in [-0.25, -0.2) is 18.4 Å². The smallest absolute Gasteiger partial charge is 0.178 e. The van der Waals surface area contributed by atoms with E-state index in [-0.39, 0.29) is 5.75 Å². The molecule has 1 fully saturated rings. The molecule has 4 aromatic rings. The van der Waals surface area contributed by atoms with Crippen molar-refractivity contribution in [3.63, 3.8) is 0 Å².